The number of hydrogen-bond acceptors (Lipinski definition) is 6. The number of ketones is 1. The molecular weight excluding hydrogens is 408 g/mol. The second-order valence-electron chi connectivity index (χ2n) is 8.12. The standard InChI is InChI=1S/C25H30N2O5/c1-4-5-14-32-20-11-7-9-18(16-20)23(29)21-22(17-8-6-10-19(28)15-17)27(13-12-26(2)3)25(31)24(21)30/h6-11,15-16,22,28-29H,4-5,12-14H2,1-3H3/b23-21+. The Morgan fingerprint density at radius 2 is 1.88 bits per heavy atom. The summed E-state index contributed by atoms with van der Waals surface area (Å²) >= 11 is 0. The molecule has 0 radical (unpaired) electrons. The number of aromatic hydroxyl groups is 1. The summed E-state index contributed by atoms with van der Waals surface area (Å²) in [6, 6.07) is 12.5. The first-order chi connectivity index (χ1) is 15.3. The van der Waals surface area contributed by atoms with E-state index in [2.05, 4.69) is 6.92 Å². The second-order valence-corrected chi connectivity index (χ2v) is 8.12. The Bertz CT molecular complexity index is 1010. The summed E-state index contributed by atoms with van der Waals surface area (Å²) in [6.45, 7) is 3.47. The topological polar surface area (TPSA) is 90.3 Å². The second kappa shape index (κ2) is 10.3. The summed E-state index contributed by atoms with van der Waals surface area (Å²) in [5.74, 6) is -1.07. The number of phenolic OH excluding ortho intramolecular Hbond substituents is 1. The Morgan fingerprint density at radius 3 is 2.56 bits per heavy atom. The van der Waals surface area contributed by atoms with Gasteiger partial charge in [0.2, 0.25) is 0 Å². The largest absolute Gasteiger partial charge is 0.508 e. The minimum Gasteiger partial charge on any atom is -0.508 e. The van der Waals surface area contributed by atoms with E-state index in [-0.39, 0.29) is 17.1 Å². The number of nitrogens with zero attached hydrogens (tertiary/aromatic N) is 2. The number of rotatable bonds is 9. The van der Waals surface area contributed by atoms with Gasteiger partial charge in [-0.2, -0.15) is 0 Å². The number of Topliss-reactive ketones (excluding diaryl/α,β-unsaturated/α-hetero) is 1. The zero-order valence-electron chi connectivity index (χ0n) is 18.7. The number of hydrogen-bond donors (Lipinski definition) is 2. The SMILES string of the molecule is CCCCOc1cccc(/C(O)=C2\C(=O)C(=O)N(CCN(C)C)C2c2cccc(O)c2)c1. The maximum Gasteiger partial charge on any atom is 0.295 e. The maximum absolute atomic E-state index is 13.0. The van der Waals surface area contributed by atoms with E-state index < -0.39 is 17.7 Å². The highest BCUT2D eigenvalue weighted by molar-refractivity contribution is 6.46. The van der Waals surface area contributed by atoms with Crippen LogP contribution in [0.1, 0.15) is 36.9 Å². The van der Waals surface area contributed by atoms with Gasteiger partial charge in [-0.15, -0.1) is 0 Å². The lowest BCUT2D eigenvalue weighted by atomic mass is 9.95. The van der Waals surface area contributed by atoms with Crippen LogP contribution in [0, 0.1) is 0 Å². The highest BCUT2D eigenvalue weighted by Crippen LogP contribution is 2.40. The molecule has 1 fully saturated rings. The minimum atomic E-state index is -0.799. The molecule has 2 aromatic carbocycles. The molecule has 1 aliphatic rings. The molecule has 1 atom stereocenters. The molecule has 1 heterocycles. The van der Waals surface area contributed by atoms with Crippen molar-refractivity contribution in [1.82, 2.24) is 9.80 Å². The number of likely N-dealkylation sites (tertiary alicyclic amines) is 1. The van der Waals surface area contributed by atoms with E-state index in [1.54, 1.807) is 36.4 Å². The molecule has 7 heteroatoms. The van der Waals surface area contributed by atoms with Gasteiger partial charge in [-0.25, -0.2) is 0 Å². The van der Waals surface area contributed by atoms with Gasteiger partial charge in [0.05, 0.1) is 18.2 Å². The average Bonchev–Trinajstić information content (AvgIpc) is 3.02. The van der Waals surface area contributed by atoms with Gasteiger partial charge >= 0.3 is 0 Å². The fraction of sp³-hybridized carbons (Fsp3) is 0.360. The number of carbonyl (C=O) groups is 2. The van der Waals surface area contributed by atoms with Gasteiger partial charge in [0, 0.05) is 18.7 Å². The van der Waals surface area contributed by atoms with Crippen LogP contribution in [0.2, 0.25) is 0 Å². The summed E-state index contributed by atoms with van der Waals surface area (Å²) in [5.41, 5.74) is 0.958. The molecule has 1 aliphatic heterocycles. The van der Waals surface area contributed by atoms with Gasteiger partial charge in [0.15, 0.2) is 0 Å². The third-order valence-electron chi connectivity index (χ3n) is 5.39. The van der Waals surface area contributed by atoms with Crippen LogP contribution in [-0.4, -0.2) is 65.5 Å². The van der Waals surface area contributed by atoms with Crippen molar-refractivity contribution >= 4 is 17.4 Å². The van der Waals surface area contributed by atoms with Crippen molar-refractivity contribution in [3.05, 3.63) is 65.2 Å². The molecule has 1 saturated heterocycles. The molecule has 0 aliphatic carbocycles. The Labute approximate surface area is 188 Å². The van der Waals surface area contributed by atoms with E-state index in [1.165, 1.54) is 17.0 Å². The molecule has 3 rings (SSSR count). The van der Waals surface area contributed by atoms with Crippen LogP contribution in [0.3, 0.4) is 0 Å². The van der Waals surface area contributed by atoms with Crippen molar-refractivity contribution in [2.45, 2.75) is 25.8 Å². The predicted molar refractivity (Wildman–Crippen MR) is 123 cm³/mol. The molecule has 32 heavy (non-hydrogen) atoms. The van der Waals surface area contributed by atoms with Gasteiger partial charge < -0.3 is 24.7 Å². The van der Waals surface area contributed by atoms with E-state index in [0.29, 0.717) is 36.6 Å². The number of phenols is 1. The number of amides is 1. The molecule has 0 bridgehead atoms. The molecule has 0 spiro atoms. The highest BCUT2D eigenvalue weighted by atomic mass is 16.5. The predicted octanol–water partition coefficient (Wildman–Crippen LogP) is 3.55. The van der Waals surface area contributed by atoms with Gasteiger partial charge in [-0.1, -0.05) is 37.6 Å². The average molecular weight is 439 g/mol. The molecular formula is C25H30N2O5. The molecule has 0 saturated carbocycles. The zero-order chi connectivity index (χ0) is 23.3. The Morgan fingerprint density at radius 1 is 1.12 bits per heavy atom. The Hall–Kier alpha value is -3.32. The van der Waals surface area contributed by atoms with Crippen molar-refractivity contribution in [3.63, 3.8) is 0 Å². The van der Waals surface area contributed by atoms with Crippen molar-refractivity contribution < 1.29 is 24.5 Å². The molecule has 2 N–H and O–H groups in total. The zero-order valence-corrected chi connectivity index (χ0v) is 18.7. The molecule has 170 valence electrons. The van der Waals surface area contributed by atoms with Crippen molar-refractivity contribution in [1.29, 1.82) is 0 Å². The molecule has 0 aromatic heterocycles. The summed E-state index contributed by atoms with van der Waals surface area (Å²) < 4.78 is 5.73. The first-order valence-corrected chi connectivity index (χ1v) is 10.8. The van der Waals surface area contributed by atoms with Gasteiger partial charge in [-0.3, -0.25) is 9.59 Å². The third kappa shape index (κ3) is 5.11. The van der Waals surface area contributed by atoms with Crippen molar-refractivity contribution in [2.75, 3.05) is 33.8 Å². The summed E-state index contributed by atoms with van der Waals surface area (Å²) in [6.07, 6.45) is 1.91. The number of likely N-dealkylation sites (N-methyl/N-ethyl adjacent to an activating group) is 1. The van der Waals surface area contributed by atoms with Gasteiger partial charge in [0.25, 0.3) is 11.7 Å². The lowest BCUT2D eigenvalue weighted by molar-refractivity contribution is -0.140. The molecule has 2 aromatic rings. The fourth-order valence-electron chi connectivity index (χ4n) is 3.68. The van der Waals surface area contributed by atoms with Crippen LogP contribution in [0.5, 0.6) is 11.5 Å². The van der Waals surface area contributed by atoms with Gasteiger partial charge in [0.1, 0.15) is 17.3 Å². The van der Waals surface area contributed by atoms with Crippen molar-refractivity contribution in [3.8, 4) is 11.5 Å². The summed E-state index contributed by atoms with van der Waals surface area (Å²) in [5, 5.41) is 21.2. The molecule has 1 unspecified atom stereocenters. The Kier molecular flexibility index (Phi) is 7.53. The van der Waals surface area contributed by atoms with E-state index in [9.17, 15) is 19.8 Å². The third-order valence-corrected chi connectivity index (χ3v) is 5.39. The normalized spacial score (nSPS) is 17.9. The quantitative estimate of drug-likeness (QED) is 0.269. The van der Waals surface area contributed by atoms with Crippen LogP contribution in [0.25, 0.3) is 5.76 Å². The van der Waals surface area contributed by atoms with Gasteiger partial charge in [-0.05, 0) is 50.3 Å². The summed E-state index contributed by atoms with van der Waals surface area (Å²) in [4.78, 5) is 29.3. The number of carbonyl (C=O) groups excluding carboxylic acids is 2. The number of aliphatic hydroxyl groups excluding tert-OH is 1. The molecule has 1 amide bonds. The number of benzene rings is 2. The first kappa shape index (κ1) is 23.3. The van der Waals surface area contributed by atoms with Crippen LogP contribution >= 0.6 is 0 Å². The molecule has 7 nitrogen and oxygen atoms in total. The lowest BCUT2D eigenvalue weighted by Crippen LogP contribution is -2.35. The number of aliphatic hydroxyl groups is 1. The lowest BCUT2D eigenvalue weighted by Gasteiger charge is -2.26. The van der Waals surface area contributed by atoms with E-state index in [1.807, 2.05) is 19.0 Å². The fourth-order valence-corrected chi connectivity index (χ4v) is 3.68. The number of ether oxygens (including phenoxy) is 1. The minimum absolute atomic E-state index is 0.00469. The van der Waals surface area contributed by atoms with Crippen molar-refractivity contribution in [2.24, 2.45) is 0 Å². The maximum atomic E-state index is 13.0. The smallest absolute Gasteiger partial charge is 0.295 e. The van der Waals surface area contributed by atoms with E-state index in [4.69, 9.17) is 4.74 Å². The Balaban J connectivity index is 2.06. The first-order valence-electron chi connectivity index (χ1n) is 10.8. The number of unbranched alkanes of at least 4 members (excludes halogenated alkanes) is 1. The highest BCUT2D eigenvalue weighted by Gasteiger charge is 2.46. The van der Waals surface area contributed by atoms with E-state index >= 15 is 0 Å². The van der Waals surface area contributed by atoms with Crippen LogP contribution < -0.4 is 4.74 Å². The van der Waals surface area contributed by atoms with Crippen LogP contribution in [-0.2, 0) is 9.59 Å². The monoisotopic (exact) mass is 438 g/mol. The van der Waals surface area contributed by atoms with E-state index in [0.717, 1.165) is 12.8 Å². The van der Waals surface area contributed by atoms with Crippen LogP contribution in [0.4, 0.5) is 0 Å². The summed E-state index contributed by atoms with van der Waals surface area (Å²) in [7, 11) is 3.76. The van der Waals surface area contributed by atoms with Crippen LogP contribution in [0.15, 0.2) is 54.1 Å².